The van der Waals surface area contributed by atoms with Crippen molar-refractivity contribution in [3.8, 4) is 0 Å². The Morgan fingerprint density at radius 3 is 3.06 bits per heavy atom. The fourth-order valence-corrected chi connectivity index (χ4v) is 2.05. The summed E-state index contributed by atoms with van der Waals surface area (Å²) in [4.78, 5) is 12.1. The second-order valence-corrected chi connectivity index (χ2v) is 4.18. The predicted molar refractivity (Wildman–Crippen MR) is 68.6 cm³/mol. The summed E-state index contributed by atoms with van der Waals surface area (Å²) in [7, 11) is 1.62. The average Bonchev–Trinajstić information content (AvgIpc) is 2.82. The van der Waals surface area contributed by atoms with Crippen LogP contribution in [0.25, 0.3) is 0 Å². The Morgan fingerprint density at radius 2 is 2.47 bits per heavy atom. The van der Waals surface area contributed by atoms with Crippen LogP contribution in [0.5, 0.6) is 0 Å². The molecule has 0 saturated carbocycles. The monoisotopic (exact) mass is 254 g/mol. The highest BCUT2D eigenvalue weighted by atomic mass is 35.5. The van der Waals surface area contributed by atoms with Gasteiger partial charge in [-0.2, -0.15) is 0 Å². The Labute approximate surface area is 105 Å². The van der Waals surface area contributed by atoms with Gasteiger partial charge in [0.2, 0.25) is 0 Å². The van der Waals surface area contributed by atoms with Crippen LogP contribution in [-0.4, -0.2) is 35.1 Å². The maximum atomic E-state index is 5.97. The average molecular weight is 255 g/mol. The molecule has 0 N–H and O–H groups in total. The first kappa shape index (κ1) is 12.3. The van der Waals surface area contributed by atoms with Gasteiger partial charge in [0.1, 0.15) is 11.9 Å². The molecular weight excluding hydrogens is 240 g/mol. The van der Waals surface area contributed by atoms with E-state index in [2.05, 4.69) is 21.7 Å². The summed E-state index contributed by atoms with van der Waals surface area (Å²) >= 11 is 5.97. The highest BCUT2D eigenvalue weighted by Crippen LogP contribution is 2.29. The fraction of sp³-hybridized carbons (Fsp3) is 0.545. The lowest BCUT2D eigenvalue weighted by molar-refractivity contribution is -0.0309. The highest BCUT2D eigenvalue weighted by Gasteiger charge is 2.21. The molecule has 1 aliphatic rings. The van der Waals surface area contributed by atoms with Gasteiger partial charge in [-0.25, -0.2) is 9.98 Å². The molecule has 6 heteroatoms. The summed E-state index contributed by atoms with van der Waals surface area (Å²) in [6, 6.07) is 0. The first-order valence-electron chi connectivity index (χ1n) is 5.55. The number of rotatable bonds is 3. The molecule has 2 rings (SSSR count). The molecule has 1 aromatic rings. The number of aliphatic imine (C=N–C) groups is 2. The molecule has 17 heavy (non-hydrogen) atoms. The van der Waals surface area contributed by atoms with E-state index in [9.17, 15) is 0 Å². The molecule has 0 aromatic carbocycles. The summed E-state index contributed by atoms with van der Waals surface area (Å²) in [5.74, 6) is 0.618. The third-order valence-corrected chi connectivity index (χ3v) is 3.12. The van der Waals surface area contributed by atoms with Gasteiger partial charge in [0, 0.05) is 13.7 Å². The fourth-order valence-electron chi connectivity index (χ4n) is 1.92. The number of hydrogen-bond donors (Lipinski definition) is 0. The molecule has 1 aliphatic heterocycles. The number of hydrogen-bond acceptors (Lipinski definition) is 4. The molecule has 0 radical (unpaired) electrons. The molecule has 0 aliphatic carbocycles. The summed E-state index contributed by atoms with van der Waals surface area (Å²) in [5, 5.41) is 0.335. The molecule has 5 nitrogen and oxygen atoms in total. The minimum atomic E-state index is -0.0215. The van der Waals surface area contributed by atoms with E-state index in [4.69, 9.17) is 16.3 Å². The van der Waals surface area contributed by atoms with Crippen molar-refractivity contribution in [2.45, 2.75) is 25.5 Å². The Balaban J connectivity index is 2.34. The topological polar surface area (TPSA) is 51.8 Å². The molecule has 1 unspecified atom stereocenters. The van der Waals surface area contributed by atoms with Crippen LogP contribution in [0.4, 0.5) is 5.82 Å². The number of ether oxygens (including phenoxy) is 1. The largest absolute Gasteiger partial charge is 0.358 e. The Hall–Kier alpha value is -1.20. The number of nitrogens with zero attached hydrogens (tertiary/aromatic N) is 4. The molecule has 92 valence electrons. The molecule has 1 atom stereocenters. The van der Waals surface area contributed by atoms with Gasteiger partial charge >= 0.3 is 0 Å². The molecular formula is C11H15ClN4O. The van der Waals surface area contributed by atoms with Crippen molar-refractivity contribution in [1.29, 1.82) is 0 Å². The summed E-state index contributed by atoms with van der Waals surface area (Å²) in [5.41, 5.74) is 0.554. The molecule has 0 spiro atoms. The minimum Gasteiger partial charge on any atom is -0.358 e. The van der Waals surface area contributed by atoms with E-state index >= 15 is 0 Å². The minimum absolute atomic E-state index is 0.0215. The number of aromatic nitrogens is 2. The maximum Gasteiger partial charge on any atom is 0.164 e. The van der Waals surface area contributed by atoms with Crippen LogP contribution in [0, 0.1) is 0 Å². The summed E-state index contributed by atoms with van der Waals surface area (Å²) in [6.07, 6.45) is 4.87. The van der Waals surface area contributed by atoms with Gasteiger partial charge in [-0.05, 0) is 26.0 Å². The zero-order valence-corrected chi connectivity index (χ0v) is 10.5. The van der Waals surface area contributed by atoms with Gasteiger partial charge < -0.3 is 4.74 Å². The van der Waals surface area contributed by atoms with Gasteiger partial charge in [0.05, 0.1) is 6.33 Å². The number of halogens is 1. The van der Waals surface area contributed by atoms with Gasteiger partial charge in [-0.1, -0.05) is 11.6 Å². The van der Waals surface area contributed by atoms with Crippen LogP contribution < -0.4 is 0 Å². The van der Waals surface area contributed by atoms with Crippen LogP contribution >= 0.6 is 11.6 Å². The first-order chi connectivity index (χ1) is 8.27. The standard InChI is InChI=1S/C11H15ClN4O/c1-13-10(12)9-11(14-2)16(7-15-9)8-5-3-4-6-17-8/h7-8H,2-6H2,1H3. The van der Waals surface area contributed by atoms with Crippen LogP contribution in [0.15, 0.2) is 16.3 Å². The second-order valence-electron chi connectivity index (χ2n) is 3.82. The first-order valence-corrected chi connectivity index (χ1v) is 5.93. The van der Waals surface area contributed by atoms with Crippen LogP contribution in [0.3, 0.4) is 0 Å². The summed E-state index contributed by atoms with van der Waals surface area (Å²) in [6.45, 7) is 4.32. The van der Waals surface area contributed by atoms with Gasteiger partial charge in [0.25, 0.3) is 0 Å². The van der Waals surface area contributed by atoms with Crippen molar-refractivity contribution in [1.82, 2.24) is 9.55 Å². The van der Waals surface area contributed by atoms with E-state index in [0.29, 0.717) is 16.7 Å². The molecule has 1 fully saturated rings. The Kier molecular flexibility index (Phi) is 3.91. The van der Waals surface area contributed by atoms with Crippen molar-refractivity contribution < 1.29 is 4.74 Å². The number of imidazole rings is 1. The zero-order chi connectivity index (χ0) is 12.3. The van der Waals surface area contributed by atoms with Crippen molar-refractivity contribution in [3.05, 3.63) is 12.0 Å². The van der Waals surface area contributed by atoms with Crippen LogP contribution in [-0.2, 0) is 4.74 Å². The van der Waals surface area contributed by atoms with E-state index in [1.807, 2.05) is 4.57 Å². The normalized spacial score (nSPS) is 21.5. The van der Waals surface area contributed by atoms with Crippen molar-refractivity contribution in [2.24, 2.45) is 9.98 Å². The van der Waals surface area contributed by atoms with Crippen LogP contribution in [0.2, 0.25) is 0 Å². The lowest BCUT2D eigenvalue weighted by Gasteiger charge is -2.24. The maximum absolute atomic E-state index is 5.97. The van der Waals surface area contributed by atoms with Crippen molar-refractivity contribution in [2.75, 3.05) is 13.7 Å². The van der Waals surface area contributed by atoms with Crippen molar-refractivity contribution >= 4 is 29.3 Å². The molecule has 2 heterocycles. The predicted octanol–water partition coefficient (Wildman–Crippen LogP) is 2.53. The Morgan fingerprint density at radius 1 is 1.65 bits per heavy atom. The SMILES string of the molecule is C=Nc1c(C(Cl)=NC)ncn1C1CCCCO1. The highest BCUT2D eigenvalue weighted by molar-refractivity contribution is 6.69. The van der Waals surface area contributed by atoms with E-state index in [-0.39, 0.29) is 6.23 Å². The lowest BCUT2D eigenvalue weighted by Crippen LogP contribution is -2.17. The van der Waals surface area contributed by atoms with Crippen LogP contribution in [0.1, 0.15) is 31.2 Å². The smallest absolute Gasteiger partial charge is 0.164 e. The molecule has 0 bridgehead atoms. The van der Waals surface area contributed by atoms with E-state index < -0.39 is 0 Å². The van der Waals surface area contributed by atoms with Gasteiger partial charge in [0.15, 0.2) is 11.0 Å². The Bertz CT molecular complexity index is 435. The second kappa shape index (κ2) is 5.42. The summed E-state index contributed by atoms with van der Waals surface area (Å²) < 4.78 is 7.56. The van der Waals surface area contributed by atoms with Gasteiger partial charge in [-0.3, -0.25) is 9.56 Å². The third-order valence-electron chi connectivity index (χ3n) is 2.78. The lowest BCUT2D eigenvalue weighted by atomic mass is 10.2. The van der Waals surface area contributed by atoms with E-state index in [0.717, 1.165) is 25.9 Å². The van der Waals surface area contributed by atoms with E-state index in [1.165, 1.54) is 0 Å². The molecule has 1 saturated heterocycles. The van der Waals surface area contributed by atoms with Crippen molar-refractivity contribution in [3.63, 3.8) is 0 Å². The van der Waals surface area contributed by atoms with E-state index in [1.54, 1.807) is 13.4 Å². The molecule has 0 amide bonds. The van der Waals surface area contributed by atoms with Gasteiger partial charge in [-0.15, -0.1) is 0 Å². The third kappa shape index (κ3) is 2.40. The zero-order valence-electron chi connectivity index (χ0n) is 9.77. The quantitative estimate of drug-likeness (QED) is 0.779. The molecule has 1 aromatic heterocycles.